The van der Waals surface area contributed by atoms with Crippen molar-refractivity contribution in [2.75, 3.05) is 0 Å². The number of imidazole rings is 2. The zero-order valence-electron chi connectivity index (χ0n) is 13.9. The van der Waals surface area contributed by atoms with Crippen molar-refractivity contribution in [3.63, 3.8) is 0 Å². The molecule has 8 heteroatoms. The maximum atomic E-state index is 12.2. The summed E-state index contributed by atoms with van der Waals surface area (Å²) in [5.41, 5.74) is 0. The first-order valence-corrected chi connectivity index (χ1v) is 8.11. The van der Waals surface area contributed by atoms with Crippen LogP contribution >= 0.6 is 0 Å². The van der Waals surface area contributed by atoms with E-state index in [9.17, 15) is 9.59 Å². The lowest BCUT2D eigenvalue weighted by Crippen LogP contribution is -2.44. The molecule has 1 aliphatic carbocycles. The largest absolute Gasteiger partial charge is 0.347 e. The highest BCUT2D eigenvalue weighted by molar-refractivity contribution is 5.91. The van der Waals surface area contributed by atoms with Gasteiger partial charge in [0.25, 0.3) is 11.8 Å². The molecular weight excluding hydrogens is 308 g/mol. The van der Waals surface area contributed by atoms with Gasteiger partial charge < -0.3 is 19.8 Å². The molecule has 8 nitrogen and oxygen atoms in total. The Kier molecular flexibility index (Phi) is 4.64. The number of rotatable bonds is 4. The van der Waals surface area contributed by atoms with Crippen molar-refractivity contribution in [2.45, 2.75) is 37.8 Å². The van der Waals surface area contributed by atoms with Crippen LogP contribution in [0.2, 0.25) is 0 Å². The Morgan fingerprint density at radius 1 is 0.875 bits per heavy atom. The van der Waals surface area contributed by atoms with Gasteiger partial charge in [-0.3, -0.25) is 9.59 Å². The lowest BCUT2D eigenvalue weighted by atomic mass is 9.91. The van der Waals surface area contributed by atoms with Gasteiger partial charge in [0, 0.05) is 51.0 Å². The highest BCUT2D eigenvalue weighted by Crippen LogP contribution is 2.19. The number of carbonyl (C=O) groups excluding carboxylic acids is 2. The average molecular weight is 330 g/mol. The highest BCUT2D eigenvalue weighted by atomic mass is 16.2. The summed E-state index contributed by atoms with van der Waals surface area (Å²) in [6, 6.07) is 0.242. The normalized spacial score (nSPS) is 20.6. The fourth-order valence-corrected chi connectivity index (χ4v) is 3.05. The Hall–Kier alpha value is -2.64. The monoisotopic (exact) mass is 330 g/mol. The summed E-state index contributed by atoms with van der Waals surface area (Å²) < 4.78 is 3.40. The van der Waals surface area contributed by atoms with E-state index >= 15 is 0 Å². The fraction of sp³-hybridized carbons (Fsp3) is 0.500. The molecule has 1 fully saturated rings. The van der Waals surface area contributed by atoms with Gasteiger partial charge in [0.2, 0.25) is 0 Å². The number of carbonyl (C=O) groups is 2. The van der Waals surface area contributed by atoms with E-state index < -0.39 is 0 Å². The van der Waals surface area contributed by atoms with Crippen molar-refractivity contribution < 1.29 is 9.59 Å². The zero-order chi connectivity index (χ0) is 17.1. The van der Waals surface area contributed by atoms with Crippen molar-refractivity contribution >= 4 is 11.8 Å². The molecule has 0 aromatic carbocycles. The summed E-state index contributed by atoms with van der Waals surface area (Å²) >= 11 is 0. The average Bonchev–Trinajstić information content (AvgIpc) is 3.17. The van der Waals surface area contributed by atoms with Gasteiger partial charge >= 0.3 is 0 Å². The summed E-state index contributed by atoms with van der Waals surface area (Å²) in [6.07, 6.45) is 10.1. The second kappa shape index (κ2) is 6.86. The molecule has 0 bridgehead atoms. The van der Waals surface area contributed by atoms with Crippen LogP contribution in [-0.4, -0.2) is 43.0 Å². The van der Waals surface area contributed by atoms with E-state index in [4.69, 9.17) is 0 Å². The van der Waals surface area contributed by atoms with Crippen LogP contribution in [0.25, 0.3) is 0 Å². The standard InChI is InChI=1S/C16H22N6O2/c1-21-9-7-17-13(21)15(23)19-11-3-5-12(6-4-11)20-16(24)14-18-8-10-22(14)2/h7-12H,3-6H2,1-2H3,(H,19,23)(H,20,24). The van der Waals surface area contributed by atoms with E-state index in [1.54, 1.807) is 48.0 Å². The third-order valence-electron chi connectivity index (χ3n) is 4.45. The number of aryl methyl sites for hydroxylation is 2. The van der Waals surface area contributed by atoms with Crippen molar-refractivity contribution in [3.05, 3.63) is 36.4 Å². The third-order valence-corrected chi connectivity index (χ3v) is 4.45. The quantitative estimate of drug-likeness (QED) is 0.859. The number of nitrogens with zero attached hydrogens (tertiary/aromatic N) is 4. The Balaban J connectivity index is 1.48. The second-order valence-corrected chi connectivity index (χ2v) is 6.22. The van der Waals surface area contributed by atoms with Gasteiger partial charge in [-0.25, -0.2) is 9.97 Å². The van der Waals surface area contributed by atoms with E-state index in [1.807, 2.05) is 0 Å². The maximum absolute atomic E-state index is 12.2. The van der Waals surface area contributed by atoms with E-state index in [2.05, 4.69) is 20.6 Å². The maximum Gasteiger partial charge on any atom is 0.287 e. The molecule has 3 rings (SSSR count). The molecule has 2 aromatic heterocycles. The minimum atomic E-state index is -0.150. The van der Waals surface area contributed by atoms with Crippen molar-refractivity contribution in [1.82, 2.24) is 29.7 Å². The van der Waals surface area contributed by atoms with Gasteiger partial charge in [0.15, 0.2) is 11.6 Å². The van der Waals surface area contributed by atoms with Gasteiger partial charge in [-0.1, -0.05) is 0 Å². The molecule has 2 amide bonds. The number of amides is 2. The van der Waals surface area contributed by atoms with E-state index in [0.717, 1.165) is 25.7 Å². The molecule has 2 aromatic rings. The van der Waals surface area contributed by atoms with Crippen LogP contribution in [0.15, 0.2) is 24.8 Å². The van der Waals surface area contributed by atoms with Crippen LogP contribution in [0.3, 0.4) is 0 Å². The highest BCUT2D eigenvalue weighted by Gasteiger charge is 2.25. The molecule has 0 atom stereocenters. The van der Waals surface area contributed by atoms with Crippen LogP contribution in [0, 0.1) is 0 Å². The third kappa shape index (κ3) is 3.47. The van der Waals surface area contributed by atoms with Crippen molar-refractivity contribution in [3.8, 4) is 0 Å². The molecule has 1 aliphatic rings. The summed E-state index contributed by atoms with van der Waals surface area (Å²) in [7, 11) is 3.60. The molecule has 0 radical (unpaired) electrons. The molecule has 2 heterocycles. The van der Waals surface area contributed by atoms with Crippen LogP contribution < -0.4 is 10.6 Å². The first-order valence-electron chi connectivity index (χ1n) is 8.11. The number of nitrogens with one attached hydrogen (secondary N) is 2. The summed E-state index contributed by atoms with van der Waals surface area (Å²) in [5.74, 6) is 0.534. The first kappa shape index (κ1) is 16.2. The Morgan fingerprint density at radius 3 is 1.54 bits per heavy atom. The predicted molar refractivity (Wildman–Crippen MR) is 87.4 cm³/mol. The van der Waals surface area contributed by atoms with Crippen molar-refractivity contribution in [2.24, 2.45) is 14.1 Å². The summed E-state index contributed by atoms with van der Waals surface area (Å²) in [6.45, 7) is 0. The molecule has 0 saturated heterocycles. The first-order chi connectivity index (χ1) is 11.5. The van der Waals surface area contributed by atoms with Gasteiger partial charge in [0.1, 0.15) is 0 Å². The van der Waals surface area contributed by atoms with Crippen LogP contribution in [0.4, 0.5) is 0 Å². The van der Waals surface area contributed by atoms with Gasteiger partial charge in [-0.05, 0) is 25.7 Å². The fourth-order valence-electron chi connectivity index (χ4n) is 3.05. The number of aromatic nitrogens is 4. The molecular formula is C16H22N6O2. The van der Waals surface area contributed by atoms with E-state index in [-0.39, 0.29) is 23.9 Å². The van der Waals surface area contributed by atoms with E-state index in [1.165, 1.54) is 0 Å². The van der Waals surface area contributed by atoms with Crippen LogP contribution in [0.5, 0.6) is 0 Å². The van der Waals surface area contributed by atoms with Gasteiger partial charge in [0.05, 0.1) is 0 Å². The minimum absolute atomic E-state index is 0.121. The Bertz CT molecular complexity index is 664. The minimum Gasteiger partial charge on any atom is -0.347 e. The van der Waals surface area contributed by atoms with Crippen molar-refractivity contribution in [1.29, 1.82) is 0 Å². The van der Waals surface area contributed by atoms with Gasteiger partial charge in [-0.15, -0.1) is 0 Å². The lowest BCUT2D eigenvalue weighted by molar-refractivity contribution is 0.0878. The number of hydrogen-bond donors (Lipinski definition) is 2. The smallest absolute Gasteiger partial charge is 0.287 e. The van der Waals surface area contributed by atoms with Gasteiger partial charge in [-0.2, -0.15) is 0 Å². The lowest BCUT2D eigenvalue weighted by Gasteiger charge is -2.29. The summed E-state index contributed by atoms with van der Waals surface area (Å²) in [4.78, 5) is 32.5. The molecule has 2 N–H and O–H groups in total. The number of hydrogen-bond acceptors (Lipinski definition) is 4. The molecule has 1 saturated carbocycles. The molecule has 0 spiro atoms. The van der Waals surface area contributed by atoms with Crippen LogP contribution in [0.1, 0.15) is 46.9 Å². The molecule has 24 heavy (non-hydrogen) atoms. The Morgan fingerprint density at radius 2 is 1.25 bits per heavy atom. The second-order valence-electron chi connectivity index (χ2n) is 6.22. The molecule has 128 valence electrons. The predicted octanol–water partition coefficient (Wildman–Crippen LogP) is 0.625. The summed E-state index contributed by atoms with van der Waals surface area (Å²) in [5, 5.41) is 6.04. The topological polar surface area (TPSA) is 93.8 Å². The molecule has 0 aliphatic heterocycles. The SMILES string of the molecule is Cn1ccnc1C(=O)NC1CCC(NC(=O)c2nccn2C)CC1. The van der Waals surface area contributed by atoms with E-state index in [0.29, 0.717) is 11.6 Å². The van der Waals surface area contributed by atoms with Crippen LogP contribution in [-0.2, 0) is 14.1 Å². The molecule has 0 unspecified atom stereocenters. The zero-order valence-corrected chi connectivity index (χ0v) is 13.9. The Labute approximate surface area is 140 Å².